The van der Waals surface area contributed by atoms with Gasteiger partial charge in [0.15, 0.2) is 0 Å². The zero-order valence-corrected chi connectivity index (χ0v) is 10.8. The monoisotopic (exact) mass is 249 g/mol. The molecule has 1 aliphatic heterocycles. The Bertz CT molecular complexity index is 771. The Balaban J connectivity index is 1.85. The van der Waals surface area contributed by atoms with Crippen LogP contribution in [0.5, 0.6) is 0 Å². The standard InChI is InChI=1S/C16H15N3/c1-10-15-5-4-12(7-16(15)19-18-10)11-2-3-13-8-17-9-14(13)6-11/h2-7,17H,8-9H2,1H3,(H,18,19). The van der Waals surface area contributed by atoms with E-state index in [4.69, 9.17) is 0 Å². The normalized spacial score (nSPS) is 13.9. The third kappa shape index (κ3) is 1.66. The highest BCUT2D eigenvalue weighted by Crippen LogP contribution is 2.27. The van der Waals surface area contributed by atoms with Crippen LogP contribution in [0.2, 0.25) is 0 Å². The van der Waals surface area contributed by atoms with Gasteiger partial charge in [-0.05, 0) is 41.3 Å². The summed E-state index contributed by atoms with van der Waals surface area (Å²) in [7, 11) is 0. The molecule has 1 aromatic heterocycles. The average Bonchev–Trinajstić information content (AvgIpc) is 3.04. The highest BCUT2D eigenvalue weighted by Gasteiger charge is 2.11. The molecule has 0 amide bonds. The molecular formula is C16H15N3. The first-order valence-corrected chi connectivity index (χ1v) is 6.59. The summed E-state index contributed by atoms with van der Waals surface area (Å²) >= 11 is 0. The van der Waals surface area contributed by atoms with Gasteiger partial charge in [0, 0.05) is 24.2 Å². The van der Waals surface area contributed by atoms with Crippen LogP contribution >= 0.6 is 0 Å². The molecule has 2 N–H and O–H groups in total. The number of hydrogen-bond acceptors (Lipinski definition) is 2. The molecule has 0 aliphatic carbocycles. The van der Waals surface area contributed by atoms with Crippen molar-refractivity contribution in [2.75, 3.05) is 0 Å². The van der Waals surface area contributed by atoms with Gasteiger partial charge < -0.3 is 5.32 Å². The lowest BCUT2D eigenvalue weighted by molar-refractivity contribution is 0.765. The SMILES string of the molecule is Cc1[nH]nc2cc(-c3ccc4c(c3)CNC4)ccc12. The van der Waals surface area contributed by atoms with Crippen molar-refractivity contribution in [3.05, 3.63) is 53.2 Å². The van der Waals surface area contributed by atoms with Gasteiger partial charge in [0.25, 0.3) is 0 Å². The lowest BCUT2D eigenvalue weighted by atomic mass is 9.99. The number of fused-ring (bicyclic) bond motifs is 2. The summed E-state index contributed by atoms with van der Waals surface area (Å²) in [6, 6.07) is 13.2. The van der Waals surface area contributed by atoms with E-state index in [0.29, 0.717) is 0 Å². The maximum Gasteiger partial charge on any atom is 0.0929 e. The second-order valence-corrected chi connectivity index (χ2v) is 5.17. The number of nitrogens with one attached hydrogen (secondary N) is 2. The fraction of sp³-hybridized carbons (Fsp3) is 0.188. The zero-order chi connectivity index (χ0) is 12.8. The molecule has 3 aromatic rings. The molecule has 3 heteroatoms. The smallest absolute Gasteiger partial charge is 0.0929 e. The van der Waals surface area contributed by atoms with Crippen molar-refractivity contribution in [3.8, 4) is 11.1 Å². The number of hydrogen-bond donors (Lipinski definition) is 2. The lowest BCUT2D eigenvalue weighted by Crippen LogP contribution is -1.99. The van der Waals surface area contributed by atoms with Crippen molar-refractivity contribution in [2.45, 2.75) is 20.0 Å². The van der Waals surface area contributed by atoms with Crippen LogP contribution < -0.4 is 5.32 Å². The molecule has 0 radical (unpaired) electrons. The van der Waals surface area contributed by atoms with Crippen LogP contribution in [-0.2, 0) is 13.1 Å². The quantitative estimate of drug-likeness (QED) is 0.695. The molecule has 0 atom stereocenters. The van der Waals surface area contributed by atoms with E-state index in [-0.39, 0.29) is 0 Å². The summed E-state index contributed by atoms with van der Waals surface area (Å²) in [5.74, 6) is 0. The minimum absolute atomic E-state index is 0.979. The zero-order valence-electron chi connectivity index (χ0n) is 10.8. The van der Waals surface area contributed by atoms with Gasteiger partial charge in [-0.15, -0.1) is 0 Å². The molecule has 3 nitrogen and oxygen atoms in total. The first kappa shape index (κ1) is 10.8. The second kappa shape index (κ2) is 3.93. The maximum absolute atomic E-state index is 4.34. The molecule has 1 aliphatic rings. The van der Waals surface area contributed by atoms with Gasteiger partial charge in [0.2, 0.25) is 0 Å². The van der Waals surface area contributed by atoms with Gasteiger partial charge in [-0.2, -0.15) is 5.10 Å². The Morgan fingerprint density at radius 2 is 1.74 bits per heavy atom. The predicted octanol–water partition coefficient (Wildman–Crippen LogP) is 3.14. The molecule has 4 rings (SSSR count). The molecule has 0 unspecified atom stereocenters. The van der Waals surface area contributed by atoms with Crippen LogP contribution in [0.25, 0.3) is 22.0 Å². The Morgan fingerprint density at radius 1 is 0.947 bits per heavy atom. The molecule has 94 valence electrons. The highest BCUT2D eigenvalue weighted by molar-refractivity contribution is 5.86. The minimum Gasteiger partial charge on any atom is -0.309 e. The highest BCUT2D eigenvalue weighted by atomic mass is 15.1. The topological polar surface area (TPSA) is 40.7 Å². The van der Waals surface area contributed by atoms with Crippen molar-refractivity contribution in [3.63, 3.8) is 0 Å². The second-order valence-electron chi connectivity index (χ2n) is 5.17. The van der Waals surface area contributed by atoms with Crippen LogP contribution in [0.1, 0.15) is 16.8 Å². The Hall–Kier alpha value is -2.13. The van der Waals surface area contributed by atoms with E-state index in [1.165, 1.54) is 27.6 Å². The molecule has 0 saturated carbocycles. The summed E-state index contributed by atoms with van der Waals surface area (Å²) in [5, 5.41) is 12.0. The van der Waals surface area contributed by atoms with Crippen molar-refractivity contribution in [1.29, 1.82) is 0 Å². The van der Waals surface area contributed by atoms with Crippen LogP contribution in [0.4, 0.5) is 0 Å². The molecule has 2 heterocycles. The first-order valence-electron chi connectivity index (χ1n) is 6.59. The fourth-order valence-electron chi connectivity index (χ4n) is 2.80. The van der Waals surface area contributed by atoms with E-state index in [1.54, 1.807) is 0 Å². The van der Waals surface area contributed by atoms with E-state index in [1.807, 2.05) is 0 Å². The molecule has 0 saturated heterocycles. The number of aryl methyl sites for hydroxylation is 1. The Morgan fingerprint density at radius 3 is 2.68 bits per heavy atom. The van der Waals surface area contributed by atoms with Gasteiger partial charge >= 0.3 is 0 Å². The summed E-state index contributed by atoms with van der Waals surface area (Å²) in [6.07, 6.45) is 0. The third-order valence-electron chi connectivity index (χ3n) is 3.92. The van der Waals surface area contributed by atoms with Crippen molar-refractivity contribution in [1.82, 2.24) is 15.5 Å². The molecule has 0 fully saturated rings. The van der Waals surface area contributed by atoms with Gasteiger partial charge in [-0.1, -0.05) is 24.3 Å². The number of H-pyrrole nitrogens is 1. The van der Waals surface area contributed by atoms with Crippen molar-refractivity contribution < 1.29 is 0 Å². The number of aromatic amines is 1. The molecular weight excluding hydrogens is 234 g/mol. The van der Waals surface area contributed by atoms with E-state index in [0.717, 1.165) is 24.3 Å². The van der Waals surface area contributed by atoms with Crippen LogP contribution in [0, 0.1) is 6.92 Å². The average molecular weight is 249 g/mol. The number of rotatable bonds is 1. The number of benzene rings is 2. The molecule has 19 heavy (non-hydrogen) atoms. The van der Waals surface area contributed by atoms with Crippen LogP contribution in [0.3, 0.4) is 0 Å². The summed E-state index contributed by atoms with van der Waals surface area (Å²) in [4.78, 5) is 0. The van der Waals surface area contributed by atoms with E-state index in [9.17, 15) is 0 Å². The maximum atomic E-state index is 4.34. The summed E-state index contributed by atoms with van der Waals surface area (Å²) in [6.45, 7) is 4.02. The fourth-order valence-corrected chi connectivity index (χ4v) is 2.80. The third-order valence-corrected chi connectivity index (χ3v) is 3.92. The van der Waals surface area contributed by atoms with Gasteiger partial charge in [-0.3, -0.25) is 5.10 Å². The predicted molar refractivity (Wildman–Crippen MR) is 76.8 cm³/mol. The van der Waals surface area contributed by atoms with Gasteiger partial charge in [0.05, 0.1) is 5.52 Å². The van der Waals surface area contributed by atoms with Crippen molar-refractivity contribution in [2.24, 2.45) is 0 Å². The lowest BCUT2D eigenvalue weighted by Gasteiger charge is -2.05. The number of nitrogens with zero attached hydrogens (tertiary/aromatic N) is 1. The Kier molecular flexibility index (Phi) is 2.23. The van der Waals surface area contributed by atoms with Crippen LogP contribution in [0.15, 0.2) is 36.4 Å². The summed E-state index contributed by atoms with van der Waals surface area (Å²) < 4.78 is 0. The minimum atomic E-state index is 0.979. The van der Waals surface area contributed by atoms with Gasteiger partial charge in [-0.25, -0.2) is 0 Å². The van der Waals surface area contributed by atoms with Gasteiger partial charge in [0.1, 0.15) is 0 Å². The summed E-state index contributed by atoms with van der Waals surface area (Å²) in [5.41, 5.74) is 7.49. The molecule has 0 bridgehead atoms. The first-order chi connectivity index (χ1) is 9.31. The largest absolute Gasteiger partial charge is 0.309 e. The van der Waals surface area contributed by atoms with Crippen molar-refractivity contribution >= 4 is 10.9 Å². The Labute approximate surface area is 111 Å². The number of aromatic nitrogens is 2. The van der Waals surface area contributed by atoms with E-state index < -0.39 is 0 Å². The van der Waals surface area contributed by atoms with Crippen LogP contribution in [-0.4, -0.2) is 10.2 Å². The van der Waals surface area contributed by atoms with E-state index >= 15 is 0 Å². The molecule has 2 aromatic carbocycles. The molecule has 0 spiro atoms. The van der Waals surface area contributed by atoms with E-state index in [2.05, 4.69) is 58.8 Å².